The minimum Gasteiger partial charge on any atom is -0.467 e. The second kappa shape index (κ2) is 9.22. The van der Waals surface area contributed by atoms with E-state index >= 15 is 0 Å². The number of benzene rings is 2. The zero-order valence-corrected chi connectivity index (χ0v) is 17.3. The maximum absolute atomic E-state index is 13.2. The highest BCUT2D eigenvalue weighted by atomic mass is 16.3. The number of furan rings is 1. The average Bonchev–Trinajstić information content (AvgIpc) is 3.26. The number of carbonyl (C=O) groups is 3. The highest BCUT2D eigenvalue weighted by Gasteiger charge is 2.22. The van der Waals surface area contributed by atoms with Gasteiger partial charge in [0, 0.05) is 18.2 Å². The number of ketones is 1. The van der Waals surface area contributed by atoms with Gasteiger partial charge in [0.25, 0.3) is 5.91 Å². The smallest absolute Gasteiger partial charge is 0.254 e. The average molecular weight is 404 g/mol. The molecule has 1 N–H and O–H groups in total. The molecule has 2 aromatic carbocycles. The summed E-state index contributed by atoms with van der Waals surface area (Å²) in [7, 11) is 1.54. The summed E-state index contributed by atoms with van der Waals surface area (Å²) in [6.07, 6.45) is 1.53. The number of rotatable bonds is 7. The fraction of sp³-hybridized carbons (Fsp3) is 0.208. The summed E-state index contributed by atoms with van der Waals surface area (Å²) in [4.78, 5) is 39.7. The Hall–Kier alpha value is -3.67. The van der Waals surface area contributed by atoms with Crippen LogP contribution in [-0.2, 0) is 11.3 Å². The van der Waals surface area contributed by atoms with Crippen molar-refractivity contribution < 1.29 is 18.8 Å². The molecule has 30 heavy (non-hydrogen) atoms. The van der Waals surface area contributed by atoms with Crippen molar-refractivity contribution >= 4 is 17.6 Å². The fourth-order valence-electron chi connectivity index (χ4n) is 3.14. The van der Waals surface area contributed by atoms with Crippen molar-refractivity contribution in [3.8, 4) is 0 Å². The van der Waals surface area contributed by atoms with Gasteiger partial charge in [-0.05, 0) is 43.7 Å². The Balaban J connectivity index is 1.75. The zero-order valence-electron chi connectivity index (χ0n) is 17.3. The van der Waals surface area contributed by atoms with Crippen LogP contribution in [0.15, 0.2) is 65.3 Å². The van der Waals surface area contributed by atoms with Gasteiger partial charge in [0.1, 0.15) is 5.76 Å². The maximum atomic E-state index is 13.2. The molecule has 0 spiro atoms. The first-order valence-corrected chi connectivity index (χ1v) is 9.62. The van der Waals surface area contributed by atoms with E-state index in [9.17, 15) is 14.4 Å². The summed E-state index contributed by atoms with van der Waals surface area (Å²) in [5.74, 6) is -0.296. The molecule has 0 aliphatic heterocycles. The van der Waals surface area contributed by atoms with E-state index < -0.39 is 5.91 Å². The lowest BCUT2D eigenvalue weighted by Gasteiger charge is -2.18. The van der Waals surface area contributed by atoms with Gasteiger partial charge in [-0.1, -0.05) is 35.9 Å². The van der Waals surface area contributed by atoms with Gasteiger partial charge in [0.05, 0.1) is 24.9 Å². The third kappa shape index (κ3) is 4.84. The maximum Gasteiger partial charge on any atom is 0.254 e. The molecule has 1 heterocycles. The first kappa shape index (κ1) is 21.0. The van der Waals surface area contributed by atoms with Crippen LogP contribution in [0, 0.1) is 13.8 Å². The van der Waals surface area contributed by atoms with Crippen LogP contribution in [0.1, 0.15) is 43.2 Å². The Morgan fingerprint density at radius 2 is 1.67 bits per heavy atom. The summed E-state index contributed by atoms with van der Waals surface area (Å²) < 4.78 is 5.18. The van der Waals surface area contributed by atoms with Crippen LogP contribution in [0.5, 0.6) is 0 Å². The minimum absolute atomic E-state index is 0.133. The molecule has 0 unspecified atom stereocenters. The SMILES string of the molecule is Cc1ccc(C)c(C(=O)c2ccccc2C(=O)N(C)CC(=O)NCc2ccco2)c1. The molecule has 0 bridgehead atoms. The summed E-state index contributed by atoms with van der Waals surface area (Å²) >= 11 is 0. The number of hydrogen-bond acceptors (Lipinski definition) is 4. The molecular weight excluding hydrogens is 380 g/mol. The Morgan fingerprint density at radius 1 is 0.933 bits per heavy atom. The Labute approximate surface area is 175 Å². The molecule has 3 rings (SSSR count). The van der Waals surface area contributed by atoms with Crippen LogP contribution in [0.2, 0.25) is 0 Å². The third-order valence-electron chi connectivity index (χ3n) is 4.81. The van der Waals surface area contributed by atoms with Crippen molar-refractivity contribution in [1.82, 2.24) is 10.2 Å². The lowest BCUT2D eigenvalue weighted by Crippen LogP contribution is -2.38. The molecule has 0 saturated heterocycles. The van der Waals surface area contributed by atoms with Crippen LogP contribution in [0.3, 0.4) is 0 Å². The quantitative estimate of drug-likeness (QED) is 0.611. The number of carbonyl (C=O) groups excluding carboxylic acids is 3. The van der Waals surface area contributed by atoms with Crippen LogP contribution < -0.4 is 5.32 Å². The molecule has 1 aromatic heterocycles. The van der Waals surface area contributed by atoms with Crippen molar-refractivity contribution in [2.24, 2.45) is 0 Å². The van der Waals surface area contributed by atoms with Crippen molar-refractivity contribution in [1.29, 1.82) is 0 Å². The minimum atomic E-state index is -0.391. The molecule has 0 atom stereocenters. The number of amides is 2. The zero-order chi connectivity index (χ0) is 21.7. The molecular formula is C24H24N2O4. The van der Waals surface area contributed by atoms with Crippen molar-refractivity contribution in [2.75, 3.05) is 13.6 Å². The Kier molecular flexibility index (Phi) is 6.47. The third-order valence-corrected chi connectivity index (χ3v) is 4.81. The molecule has 2 amide bonds. The lowest BCUT2D eigenvalue weighted by atomic mass is 9.94. The monoisotopic (exact) mass is 404 g/mol. The topological polar surface area (TPSA) is 79.6 Å². The molecule has 0 aliphatic carbocycles. The highest BCUT2D eigenvalue weighted by Crippen LogP contribution is 2.20. The first-order chi connectivity index (χ1) is 14.4. The number of nitrogens with one attached hydrogen (secondary N) is 1. The van der Waals surface area contributed by atoms with E-state index in [2.05, 4.69) is 5.32 Å². The molecule has 6 heteroatoms. The van der Waals surface area contributed by atoms with Crippen molar-refractivity contribution in [2.45, 2.75) is 20.4 Å². The second-order valence-electron chi connectivity index (χ2n) is 7.21. The Morgan fingerprint density at radius 3 is 2.37 bits per heavy atom. The van der Waals surface area contributed by atoms with E-state index in [0.29, 0.717) is 16.9 Å². The predicted octanol–water partition coefficient (Wildman–Crippen LogP) is 3.52. The van der Waals surface area contributed by atoms with Crippen LogP contribution in [0.4, 0.5) is 0 Å². The molecule has 0 fully saturated rings. The van der Waals surface area contributed by atoms with Crippen LogP contribution in [-0.4, -0.2) is 36.1 Å². The summed E-state index contributed by atoms with van der Waals surface area (Å²) in [6, 6.07) is 15.8. The van der Waals surface area contributed by atoms with Gasteiger partial charge < -0.3 is 14.6 Å². The molecule has 6 nitrogen and oxygen atoms in total. The fourth-order valence-corrected chi connectivity index (χ4v) is 3.14. The van der Waals surface area contributed by atoms with E-state index in [1.807, 2.05) is 32.0 Å². The molecule has 154 valence electrons. The van der Waals surface area contributed by atoms with E-state index in [0.717, 1.165) is 11.1 Å². The Bertz CT molecular complexity index is 1070. The summed E-state index contributed by atoms with van der Waals surface area (Å²) in [5, 5.41) is 2.71. The number of hydrogen-bond donors (Lipinski definition) is 1. The largest absolute Gasteiger partial charge is 0.467 e. The van der Waals surface area contributed by atoms with Gasteiger partial charge in [0.2, 0.25) is 5.91 Å². The molecule has 0 saturated carbocycles. The van der Waals surface area contributed by atoms with E-state index in [-0.39, 0.29) is 30.3 Å². The molecule has 0 radical (unpaired) electrons. The highest BCUT2D eigenvalue weighted by molar-refractivity contribution is 6.16. The number of likely N-dealkylation sites (N-methyl/N-ethyl adjacent to an activating group) is 1. The van der Waals surface area contributed by atoms with Gasteiger partial charge >= 0.3 is 0 Å². The van der Waals surface area contributed by atoms with E-state index in [1.54, 1.807) is 36.4 Å². The first-order valence-electron chi connectivity index (χ1n) is 9.62. The number of aryl methyl sites for hydroxylation is 2. The van der Waals surface area contributed by atoms with Crippen LogP contribution in [0.25, 0.3) is 0 Å². The summed E-state index contributed by atoms with van der Waals surface area (Å²) in [6.45, 7) is 3.90. The van der Waals surface area contributed by atoms with Gasteiger partial charge in [-0.3, -0.25) is 14.4 Å². The normalized spacial score (nSPS) is 10.5. The lowest BCUT2D eigenvalue weighted by molar-refractivity contribution is -0.121. The van der Waals surface area contributed by atoms with Crippen molar-refractivity contribution in [3.05, 3.63) is 94.4 Å². The number of nitrogens with zero attached hydrogens (tertiary/aromatic N) is 1. The van der Waals surface area contributed by atoms with Gasteiger partial charge in [0.15, 0.2) is 5.78 Å². The van der Waals surface area contributed by atoms with Gasteiger partial charge in [-0.15, -0.1) is 0 Å². The second-order valence-corrected chi connectivity index (χ2v) is 7.21. The van der Waals surface area contributed by atoms with Gasteiger partial charge in [-0.25, -0.2) is 0 Å². The standard InChI is InChI=1S/C24H24N2O4/c1-16-10-11-17(2)21(13-16)23(28)19-8-4-5-9-20(19)24(29)26(3)15-22(27)25-14-18-7-6-12-30-18/h4-13H,14-15H2,1-3H3,(H,25,27). The van der Waals surface area contributed by atoms with Gasteiger partial charge in [-0.2, -0.15) is 0 Å². The van der Waals surface area contributed by atoms with Crippen molar-refractivity contribution in [3.63, 3.8) is 0 Å². The molecule has 0 aliphatic rings. The predicted molar refractivity (Wildman–Crippen MR) is 113 cm³/mol. The van der Waals surface area contributed by atoms with Crippen LogP contribution >= 0.6 is 0 Å². The van der Waals surface area contributed by atoms with E-state index in [1.165, 1.54) is 18.2 Å². The van der Waals surface area contributed by atoms with E-state index in [4.69, 9.17) is 4.42 Å². The molecule has 3 aromatic rings. The summed E-state index contributed by atoms with van der Waals surface area (Å²) in [5.41, 5.74) is 2.97.